The van der Waals surface area contributed by atoms with Gasteiger partial charge in [-0.2, -0.15) is 29.0 Å². The first-order valence-electron chi connectivity index (χ1n) is 21.0. The maximum absolute atomic E-state index is 12.0. The maximum atomic E-state index is 12.0. The minimum atomic E-state index is -4.67. The Hall–Kier alpha value is -7.68. The zero-order chi connectivity index (χ0) is 51.3. The van der Waals surface area contributed by atoms with E-state index in [2.05, 4.69) is 36.2 Å². The van der Waals surface area contributed by atoms with Crippen LogP contribution >= 0.6 is 0 Å². The molecule has 1 aliphatic rings. The molecule has 2 unspecified atom stereocenters. The molecule has 21 nitrogen and oxygen atoms in total. The van der Waals surface area contributed by atoms with Crippen molar-refractivity contribution in [3.63, 3.8) is 0 Å². The number of aromatic nitrogens is 6. The molecule has 2 atom stereocenters. The number of ether oxygens (including phenoxy) is 2. The third-order valence-corrected chi connectivity index (χ3v) is 9.78. The van der Waals surface area contributed by atoms with E-state index in [-0.39, 0.29) is 36.8 Å². The van der Waals surface area contributed by atoms with Gasteiger partial charge in [0.2, 0.25) is 11.8 Å². The lowest BCUT2D eigenvalue weighted by molar-refractivity contribution is -0.142. The lowest BCUT2D eigenvalue weighted by Gasteiger charge is -2.29. The Bertz CT molecular complexity index is 2760. The second-order valence-electron chi connectivity index (χ2n) is 15.0. The van der Waals surface area contributed by atoms with E-state index >= 15 is 0 Å². The van der Waals surface area contributed by atoms with E-state index in [1.807, 2.05) is 131 Å². The molecule has 3 N–H and O–H groups in total. The Labute approximate surface area is 400 Å². The van der Waals surface area contributed by atoms with E-state index in [1.165, 1.54) is 14.2 Å². The van der Waals surface area contributed by atoms with E-state index in [9.17, 15) is 29.2 Å². The maximum Gasteiger partial charge on any atom is 0.394 e. The van der Waals surface area contributed by atoms with Gasteiger partial charge < -0.3 is 9.47 Å². The number of hydrogen-bond donors (Lipinski definition) is 3. The zero-order valence-electron chi connectivity index (χ0n) is 39.5. The number of nitriles is 1. The summed E-state index contributed by atoms with van der Waals surface area (Å²) in [5.74, 6) is -1.12. The molecule has 366 valence electrons. The number of hydrogen-bond acceptors (Lipinski definition) is 15. The quantitative estimate of drug-likeness (QED) is 0.0688. The van der Waals surface area contributed by atoms with Crippen LogP contribution in [0.25, 0.3) is 33.8 Å². The number of aldehydes is 1. The van der Waals surface area contributed by atoms with Gasteiger partial charge >= 0.3 is 22.3 Å². The number of rotatable bonds is 11. The minimum Gasteiger partial charge on any atom is -0.469 e. The summed E-state index contributed by atoms with van der Waals surface area (Å²) in [4.78, 5) is 58.8. The number of esters is 2. The van der Waals surface area contributed by atoms with Crippen LogP contribution < -0.4 is 5.32 Å². The van der Waals surface area contributed by atoms with E-state index in [0.717, 1.165) is 46.5 Å². The number of carbonyl (C=O) groups excluding carboxylic acids is 5. The Kier molecular flexibility index (Phi) is 21.9. The van der Waals surface area contributed by atoms with Crippen molar-refractivity contribution in [2.75, 3.05) is 41.4 Å². The number of likely N-dealkylation sites (N-methyl/N-ethyl adjacent to an activating group) is 2. The van der Waals surface area contributed by atoms with E-state index < -0.39 is 22.5 Å². The summed E-state index contributed by atoms with van der Waals surface area (Å²) >= 11 is 0. The molecule has 7 rings (SSSR count). The van der Waals surface area contributed by atoms with Crippen LogP contribution in [-0.2, 0) is 60.2 Å². The van der Waals surface area contributed by atoms with Crippen LogP contribution in [0.3, 0.4) is 0 Å². The molecule has 22 heteroatoms. The SMILES string of the molecule is CCCC(=O)OC.CN1CC(=O)NC(=O)C1c1cc(-c2ccccc2)n(C)n1.COC(=O)CN(C)C(C#N)c1cc(-c2ccccc2)n(C)n1.Cn1nc(C=O)cc1-c1ccccc1.O=S(=O)(O)O. The highest BCUT2D eigenvalue weighted by molar-refractivity contribution is 7.79. The predicted octanol–water partition coefficient (Wildman–Crippen LogP) is 4.68. The number of amides is 2. The van der Waals surface area contributed by atoms with Gasteiger partial charge in [-0.25, -0.2) is 0 Å². The van der Waals surface area contributed by atoms with Gasteiger partial charge in [0.05, 0.1) is 61.8 Å². The molecule has 6 aromatic rings. The Morgan fingerprint density at radius 2 is 1.25 bits per heavy atom. The normalized spacial score (nSPS) is 13.5. The standard InChI is InChI=1S/C16H18N4O2.C15H16N4O2.C11H10N2O.C5H10O2.H2O4S/c1-19(11-16(21)22-3)15(10-17)13-9-14(20(2)18-13)12-7-5-4-6-8-12;1-18-9-13(20)16-15(21)14(18)11-8-12(19(2)17-11)10-6-4-3-5-7-10;1-13-11(7-10(8-14)12-13)9-5-3-2-4-6-9;1-3-4-5(6)7-2;1-5(2,3)4/h4-9,15H,11H2,1-3H3;3-8,14H,9H2,1-2H3,(H,16,20,21);2-8H,1H3;3-4H2,1-2H3;(H2,1,2,3,4). The van der Waals surface area contributed by atoms with Crippen molar-refractivity contribution in [3.05, 3.63) is 126 Å². The summed E-state index contributed by atoms with van der Waals surface area (Å²) in [6.07, 6.45) is 2.16. The first-order valence-corrected chi connectivity index (χ1v) is 22.3. The van der Waals surface area contributed by atoms with Gasteiger partial charge in [-0.15, -0.1) is 0 Å². The van der Waals surface area contributed by atoms with E-state index in [1.54, 1.807) is 44.0 Å². The first-order chi connectivity index (χ1) is 32.7. The third-order valence-electron chi connectivity index (χ3n) is 9.78. The molecular formula is C47H56N10O11S. The molecule has 1 aliphatic heterocycles. The molecule has 1 fully saturated rings. The number of nitrogens with one attached hydrogen (secondary N) is 1. The minimum absolute atomic E-state index is 0.0337. The topological polar surface area (TPSA) is 274 Å². The van der Waals surface area contributed by atoms with Crippen LogP contribution in [0.15, 0.2) is 109 Å². The summed E-state index contributed by atoms with van der Waals surface area (Å²) in [7, 11) is 7.01. The van der Waals surface area contributed by atoms with E-state index in [4.69, 9.17) is 17.5 Å². The smallest absolute Gasteiger partial charge is 0.394 e. The summed E-state index contributed by atoms with van der Waals surface area (Å²) in [6.45, 7) is 2.16. The molecule has 0 spiro atoms. The largest absolute Gasteiger partial charge is 0.469 e. The van der Waals surface area contributed by atoms with Crippen molar-refractivity contribution in [3.8, 4) is 39.8 Å². The highest BCUT2D eigenvalue weighted by Crippen LogP contribution is 2.27. The van der Waals surface area contributed by atoms with Crippen molar-refractivity contribution >= 4 is 40.4 Å². The summed E-state index contributed by atoms with van der Waals surface area (Å²) in [5, 5.41) is 24.7. The average Bonchev–Trinajstić information content (AvgIpc) is 4.02. The van der Waals surface area contributed by atoms with Crippen molar-refractivity contribution < 1.29 is 51.0 Å². The molecular weight excluding hydrogens is 913 g/mol. The lowest BCUT2D eigenvalue weighted by atomic mass is 10.1. The number of carbonyl (C=O) groups is 5. The monoisotopic (exact) mass is 968 g/mol. The van der Waals surface area contributed by atoms with Gasteiger partial charge in [-0.1, -0.05) is 97.9 Å². The molecule has 0 aliphatic carbocycles. The fraction of sp³-hybridized carbons (Fsp3) is 0.298. The zero-order valence-corrected chi connectivity index (χ0v) is 40.3. The predicted molar refractivity (Wildman–Crippen MR) is 254 cm³/mol. The van der Waals surface area contributed by atoms with Crippen molar-refractivity contribution in [2.45, 2.75) is 31.8 Å². The van der Waals surface area contributed by atoms with Crippen LogP contribution in [0.2, 0.25) is 0 Å². The molecule has 2 amide bonds. The number of imide groups is 1. The molecule has 3 aromatic carbocycles. The fourth-order valence-corrected chi connectivity index (χ4v) is 6.61. The average molecular weight is 969 g/mol. The molecule has 0 bridgehead atoms. The second kappa shape index (κ2) is 27.2. The molecule has 69 heavy (non-hydrogen) atoms. The highest BCUT2D eigenvalue weighted by Gasteiger charge is 2.34. The summed E-state index contributed by atoms with van der Waals surface area (Å²) in [6, 6.07) is 36.1. The second-order valence-corrected chi connectivity index (χ2v) is 15.9. The van der Waals surface area contributed by atoms with Gasteiger partial charge in [0.1, 0.15) is 17.8 Å². The van der Waals surface area contributed by atoms with Gasteiger partial charge in [-0.3, -0.25) is 62.2 Å². The van der Waals surface area contributed by atoms with Crippen molar-refractivity contribution in [1.29, 1.82) is 5.26 Å². The number of piperazine rings is 1. The Balaban J connectivity index is 0.000000249. The molecule has 0 saturated carbocycles. The highest BCUT2D eigenvalue weighted by atomic mass is 32.3. The van der Waals surface area contributed by atoms with Gasteiger partial charge in [0, 0.05) is 27.6 Å². The van der Waals surface area contributed by atoms with E-state index in [0.29, 0.717) is 23.5 Å². The number of benzene rings is 3. The van der Waals surface area contributed by atoms with Crippen LogP contribution in [0.5, 0.6) is 0 Å². The molecule has 0 radical (unpaired) electrons. The summed E-state index contributed by atoms with van der Waals surface area (Å²) in [5.41, 5.74) is 7.64. The van der Waals surface area contributed by atoms with Crippen molar-refractivity contribution in [1.82, 2.24) is 44.5 Å². The molecule has 3 aromatic heterocycles. The van der Waals surface area contributed by atoms with Crippen LogP contribution in [0, 0.1) is 11.3 Å². The number of methoxy groups -OCH3 is 2. The van der Waals surface area contributed by atoms with Gasteiger partial charge in [-0.05, 0) is 55.4 Å². The lowest BCUT2D eigenvalue weighted by Crippen LogP contribution is -2.51. The van der Waals surface area contributed by atoms with Crippen LogP contribution in [0.1, 0.15) is 53.7 Å². The van der Waals surface area contributed by atoms with Gasteiger partial charge in [0.15, 0.2) is 6.29 Å². The summed E-state index contributed by atoms with van der Waals surface area (Å²) < 4.78 is 45.8. The molecule has 1 saturated heterocycles. The Morgan fingerprint density at radius 3 is 1.65 bits per heavy atom. The number of nitrogens with zero attached hydrogens (tertiary/aromatic N) is 9. The fourth-order valence-electron chi connectivity index (χ4n) is 6.61. The molecule has 4 heterocycles. The Morgan fingerprint density at radius 1 is 0.797 bits per heavy atom. The van der Waals surface area contributed by atoms with Crippen LogP contribution in [-0.4, -0.2) is 128 Å². The number of aryl methyl sites for hydroxylation is 3. The van der Waals surface area contributed by atoms with Gasteiger partial charge in [0.25, 0.3) is 0 Å². The third kappa shape index (κ3) is 17.8. The first kappa shape index (κ1) is 55.6. The van der Waals surface area contributed by atoms with Crippen LogP contribution in [0.4, 0.5) is 0 Å². The van der Waals surface area contributed by atoms with Crippen molar-refractivity contribution in [2.24, 2.45) is 21.1 Å².